The van der Waals surface area contributed by atoms with E-state index in [9.17, 15) is 4.79 Å². The number of morpholine rings is 1. The molecule has 2 aromatic heterocycles. The molecule has 1 atom stereocenters. The molecule has 128 valence electrons. The molecule has 1 amide bonds. The van der Waals surface area contributed by atoms with Crippen LogP contribution in [0.3, 0.4) is 0 Å². The normalized spacial score (nSPS) is 17.8. The van der Waals surface area contributed by atoms with E-state index >= 15 is 0 Å². The standard InChI is InChI=1S/C16H21N5O3/c1-4-11-13(10(2)24-20-11)16(22)21-7-8-23-12(9-21)14-15(17-3)19-6-5-18-14/h5-6,12H,4,7-9H2,1-3H3,(H,17,19)/t12-/m0/s1. The van der Waals surface area contributed by atoms with Crippen LogP contribution < -0.4 is 5.32 Å². The molecule has 8 heteroatoms. The molecule has 3 rings (SSSR count). The van der Waals surface area contributed by atoms with Gasteiger partial charge in [-0.15, -0.1) is 0 Å². The van der Waals surface area contributed by atoms with Gasteiger partial charge in [0.1, 0.15) is 28.9 Å². The predicted octanol–water partition coefficient (Wildman–Crippen LogP) is 1.59. The van der Waals surface area contributed by atoms with Gasteiger partial charge in [0.15, 0.2) is 0 Å². The van der Waals surface area contributed by atoms with Crippen LogP contribution in [0.5, 0.6) is 0 Å². The Bertz CT molecular complexity index is 730. The van der Waals surface area contributed by atoms with Crippen LogP contribution in [-0.4, -0.2) is 52.7 Å². The van der Waals surface area contributed by atoms with Gasteiger partial charge in [0.2, 0.25) is 0 Å². The van der Waals surface area contributed by atoms with Gasteiger partial charge >= 0.3 is 0 Å². The third kappa shape index (κ3) is 2.96. The Kier molecular flexibility index (Phi) is 4.75. The van der Waals surface area contributed by atoms with Gasteiger partial charge in [0, 0.05) is 26.0 Å². The van der Waals surface area contributed by atoms with Crippen molar-refractivity contribution >= 4 is 11.7 Å². The summed E-state index contributed by atoms with van der Waals surface area (Å²) in [5.74, 6) is 1.14. The minimum Gasteiger partial charge on any atom is -0.372 e. The van der Waals surface area contributed by atoms with E-state index in [0.29, 0.717) is 54.6 Å². The molecule has 1 saturated heterocycles. The summed E-state index contributed by atoms with van der Waals surface area (Å²) in [6.45, 7) is 5.11. The van der Waals surface area contributed by atoms with Gasteiger partial charge in [0.25, 0.3) is 5.91 Å². The molecular weight excluding hydrogens is 310 g/mol. The highest BCUT2D eigenvalue weighted by atomic mass is 16.5. The molecule has 0 aromatic carbocycles. The Labute approximate surface area is 140 Å². The van der Waals surface area contributed by atoms with Crippen molar-refractivity contribution in [3.63, 3.8) is 0 Å². The Hall–Kier alpha value is -2.48. The summed E-state index contributed by atoms with van der Waals surface area (Å²) in [7, 11) is 1.79. The third-order valence-corrected chi connectivity index (χ3v) is 4.10. The molecule has 0 saturated carbocycles. The van der Waals surface area contributed by atoms with Crippen LogP contribution in [0, 0.1) is 6.92 Å². The Morgan fingerprint density at radius 3 is 2.96 bits per heavy atom. The summed E-state index contributed by atoms with van der Waals surface area (Å²) >= 11 is 0. The SMILES string of the molecule is CCc1noc(C)c1C(=O)N1CCO[C@H](c2nccnc2NC)C1. The summed E-state index contributed by atoms with van der Waals surface area (Å²) in [6.07, 6.45) is 3.58. The van der Waals surface area contributed by atoms with Crippen molar-refractivity contribution in [2.24, 2.45) is 0 Å². The van der Waals surface area contributed by atoms with Crippen LogP contribution in [0.1, 0.15) is 40.5 Å². The average molecular weight is 331 g/mol. The van der Waals surface area contributed by atoms with Gasteiger partial charge in [-0.2, -0.15) is 0 Å². The van der Waals surface area contributed by atoms with Crippen molar-refractivity contribution in [2.45, 2.75) is 26.4 Å². The maximum atomic E-state index is 12.9. The second-order valence-corrected chi connectivity index (χ2v) is 5.56. The summed E-state index contributed by atoms with van der Waals surface area (Å²) in [6, 6.07) is 0. The number of nitrogens with zero attached hydrogens (tertiary/aromatic N) is 4. The molecule has 1 aliphatic heterocycles. The number of aromatic nitrogens is 3. The van der Waals surface area contributed by atoms with E-state index in [2.05, 4.69) is 20.4 Å². The van der Waals surface area contributed by atoms with Gasteiger partial charge in [-0.05, 0) is 13.3 Å². The van der Waals surface area contributed by atoms with E-state index in [1.54, 1.807) is 31.3 Å². The zero-order valence-corrected chi connectivity index (χ0v) is 14.1. The van der Waals surface area contributed by atoms with Gasteiger partial charge in [0.05, 0.1) is 18.8 Å². The first-order chi connectivity index (χ1) is 11.7. The number of hydrogen-bond acceptors (Lipinski definition) is 7. The number of nitrogens with one attached hydrogen (secondary N) is 1. The quantitative estimate of drug-likeness (QED) is 0.909. The molecule has 1 aliphatic rings. The summed E-state index contributed by atoms with van der Waals surface area (Å²) in [4.78, 5) is 23.3. The minimum absolute atomic E-state index is 0.0752. The molecule has 8 nitrogen and oxygen atoms in total. The lowest BCUT2D eigenvalue weighted by Gasteiger charge is -2.33. The molecule has 3 heterocycles. The zero-order valence-electron chi connectivity index (χ0n) is 14.1. The number of hydrogen-bond donors (Lipinski definition) is 1. The second kappa shape index (κ2) is 6.96. The molecule has 0 unspecified atom stereocenters. The first-order valence-electron chi connectivity index (χ1n) is 8.00. The molecule has 0 aliphatic carbocycles. The molecule has 0 radical (unpaired) electrons. The molecule has 2 aromatic rings. The van der Waals surface area contributed by atoms with E-state index in [1.807, 2.05) is 6.92 Å². The smallest absolute Gasteiger partial charge is 0.259 e. The van der Waals surface area contributed by atoms with Crippen LogP contribution in [0.2, 0.25) is 0 Å². The molecule has 1 N–H and O–H groups in total. The first-order valence-corrected chi connectivity index (χ1v) is 8.00. The van der Waals surface area contributed by atoms with E-state index in [1.165, 1.54) is 0 Å². The van der Waals surface area contributed by atoms with Gasteiger partial charge in [-0.25, -0.2) is 4.98 Å². The minimum atomic E-state index is -0.316. The maximum Gasteiger partial charge on any atom is 0.259 e. The highest BCUT2D eigenvalue weighted by Gasteiger charge is 2.31. The lowest BCUT2D eigenvalue weighted by molar-refractivity contribution is -0.0246. The molecule has 24 heavy (non-hydrogen) atoms. The highest BCUT2D eigenvalue weighted by molar-refractivity contribution is 5.96. The van der Waals surface area contributed by atoms with E-state index in [0.717, 1.165) is 0 Å². The number of aryl methyl sites for hydroxylation is 2. The summed E-state index contributed by atoms with van der Waals surface area (Å²) in [5, 5.41) is 6.98. The van der Waals surface area contributed by atoms with E-state index in [-0.39, 0.29) is 12.0 Å². The molecule has 0 bridgehead atoms. The number of ether oxygens (including phenoxy) is 1. The van der Waals surface area contributed by atoms with Gasteiger partial charge in [-0.3, -0.25) is 9.78 Å². The lowest BCUT2D eigenvalue weighted by atomic mass is 10.1. The lowest BCUT2D eigenvalue weighted by Crippen LogP contribution is -2.43. The summed E-state index contributed by atoms with van der Waals surface area (Å²) < 4.78 is 11.0. The fraction of sp³-hybridized carbons (Fsp3) is 0.500. The topological polar surface area (TPSA) is 93.4 Å². The van der Waals surface area contributed by atoms with Crippen molar-refractivity contribution in [1.29, 1.82) is 0 Å². The highest BCUT2D eigenvalue weighted by Crippen LogP contribution is 2.27. The Morgan fingerprint density at radius 1 is 1.42 bits per heavy atom. The van der Waals surface area contributed by atoms with Crippen molar-refractivity contribution in [2.75, 3.05) is 32.1 Å². The number of carbonyl (C=O) groups is 1. The Morgan fingerprint density at radius 2 is 2.21 bits per heavy atom. The zero-order chi connectivity index (χ0) is 17.1. The van der Waals surface area contributed by atoms with Crippen LogP contribution in [0.15, 0.2) is 16.9 Å². The van der Waals surface area contributed by atoms with Gasteiger partial charge in [-0.1, -0.05) is 12.1 Å². The largest absolute Gasteiger partial charge is 0.372 e. The summed E-state index contributed by atoms with van der Waals surface area (Å²) in [5.41, 5.74) is 1.96. The first kappa shape index (κ1) is 16.4. The maximum absolute atomic E-state index is 12.9. The fourth-order valence-electron chi connectivity index (χ4n) is 2.87. The van der Waals surface area contributed by atoms with Crippen LogP contribution in [0.4, 0.5) is 5.82 Å². The Balaban J connectivity index is 1.83. The predicted molar refractivity (Wildman–Crippen MR) is 86.8 cm³/mol. The van der Waals surface area contributed by atoms with Crippen LogP contribution in [0.25, 0.3) is 0 Å². The van der Waals surface area contributed by atoms with Crippen LogP contribution in [-0.2, 0) is 11.2 Å². The van der Waals surface area contributed by atoms with E-state index in [4.69, 9.17) is 9.26 Å². The van der Waals surface area contributed by atoms with Crippen molar-refractivity contribution < 1.29 is 14.1 Å². The second-order valence-electron chi connectivity index (χ2n) is 5.56. The fourth-order valence-corrected chi connectivity index (χ4v) is 2.87. The van der Waals surface area contributed by atoms with Crippen molar-refractivity contribution in [3.05, 3.63) is 35.1 Å². The third-order valence-electron chi connectivity index (χ3n) is 4.10. The van der Waals surface area contributed by atoms with Gasteiger partial charge < -0.3 is 19.5 Å². The molecule has 0 spiro atoms. The number of carbonyl (C=O) groups excluding carboxylic acids is 1. The van der Waals surface area contributed by atoms with Crippen LogP contribution >= 0.6 is 0 Å². The monoisotopic (exact) mass is 331 g/mol. The molecular formula is C16H21N5O3. The number of anilines is 1. The van der Waals surface area contributed by atoms with Crippen molar-refractivity contribution in [3.8, 4) is 0 Å². The van der Waals surface area contributed by atoms with E-state index < -0.39 is 0 Å². The average Bonchev–Trinajstić information content (AvgIpc) is 3.01. The number of amides is 1. The molecule has 1 fully saturated rings. The van der Waals surface area contributed by atoms with Crippen molar-refractivity contribution in [1.82, 2.24) is 20.0 Å². The number of rotatable bonds is 4.